The lowest BCUT2D eigenvalue weighted by Crippen LogP contribution is -2.14. The third kappa shape index (κ3) is 3.23. The number of carbonyl (C=O) groups is 1. The van der Waals surface area contributed by atoms with E-state index >= 15 is 0 Å². The van der Waals surface area contributed by atoms with Crippen LogP contribution < -0.4 is 10.1 Å². The Hall–Kier alpha value is -3.94. The molecule has 0 unspecified atom stereocenters. The number of rotatable bonds is 5. The molecule has 0 atom stereocenters. The van der Waals surface area contributed by atoms with Crippen LogP contribution in [-0.4, -0.2) is 28.1 Å². The second kappa shape index (κ2) is 7.36. The molecule has 0 bridgehead atoms. The fraction of sp³-hybridized carbons (Fsp3) is 0.100. The van der Waals surface area contributed by atoms with Crippen molar-refractivity contribution in [3.63, 3.8) is 0 Å². The van der Waals surface area contributed by atoms with E-state index in [1.54, 1.807) is 19.1 Å². The number of methoxy groups -OCH3 is 1. The monoisotopic (exact) mass is 376 g/mol. The number of amides is 1. The van der Waals surface area contributed by atoms with Gasteiger partial charge in [-0.05, 0) is 19.1 Å². The number of aryl methyl sites for hydroxylation is 1. The first-order valence-electron chi connectivity index (χ1n) is 8.45. The smallest absolute Gasteiger partial charge is 0.261 e. The predicted octanol–water partition coefficient (Wildman–Crippen LogP) is 3.96. The molecule has 140 valence electrons. The predicted molar refractivity (Wildman–Crippen MR) is 101 cm³/mol. The van der Waals surface area contributed by atoms with E-state index in [0.717, 1.165) is 5.56 Å². The average Bonchev–Trinajstić information content (AvgIpc) is 3.39. The molecule has 4 aromatic rings. The highest BCUT2D eigenvalue weighted by Gasteiger charge is 2.23. The van der Waals surface area contributed by atoms with Crippen molar-refractivity contribution >= 4 is 11.6 Å². The standard InChI is InChI=1S/C20H16N4O4/c1-12-16(17(24-28-12)13-6-4-3-5-7-13)18(25)22-15-9-8-14(23-20(15)26-2)19-21-10-11-27-19/h3-11H,1-2H3,(H,22,25). The molecule has 28 heavy (non-hydrogen) atoms. The van der Waals surface area contributed by atoms with Crippen molar-refractivity contribution in [2.75, 3.05) is 12.4 Å². The Labute approximate surface area is 160 Å². The van der Waals surface area contributed by atoms with Crippen LogP contribution in [0.1, 0.15) is 16.1 Å². The maximum atomic E-state index is 12.9. The SMILES string of the molecule is COc1nc(-c2ncco2)ccc1NC(=O)c1c(-c2ccccc2)noc1C. The van der Waals surface area contributed by atoms with Crippen molar-refractivity contribution in [3.05, 3.63) is 66.2 Å². The molecule has 0 aliphatic rings. The number of aromatic nitrogens is 3. The normalized spacial score (nSPS) is 10.6. The van der Waals surface area contributed by atoms with Crippen molar-refractivity contribution in [1.29, 1.82) is 0 Å². The third-order valence-electron chi connectivity index (χ3n) is 4.09. The Morgan fingerprint density at radius 2 is 1.96 bits per heavy atom. The number of hydrogen-bond acceptors (Lipinski definition) is 7. The van der Waals surface area contributed by atoms with Gasteiger partial charge in [0.25, 0.3) is 5.91 Å². The fourth-order valence-corrected chi connectivity index (χ4v) is 2.78. The van der Waals surface area contributed by atoms with E-state index in [1.807, 2.05) is 30.3 Å². The molecule has 0 aliphatic carbocycles. The molecule has 3 heterocycles. The van der Waals surface area contributed by atoms with Gasteiger partial charge in [0.15, 0.2) is 0 Å². The van der Waals surface area contributed by atoms with Crippen LogP contribution in [-0.2, 0) is 0 Å². The molecule has 0 radical (unpaired) electrons. The minimum absolute atomic E-state index is 0.236. The van der Waals surface area contributed by atoms with Crippen molar-refractivity contribution in [3.8, 4) is 28.7 Å². The van der Waals surface area contributed by atoms with E-state index in [2.05, 4.69) is 20.4 Å². The highest BCUT2D eigenvalue weighted by molar-refractivity contribution is 6.09. The summed E-state index contributed by atoms with van der Waals surface area (Å²) in [7, 11) is 1.47. The maximum Gasteiger partial charge on any atom is 0.261 e. The van der Waals surface area contributed by atoms with E-state index in [-0.39, 0.29) is 11.8 Å². The molecule has 0 saturated heterocycles. The van der Waals surface area contributed by atoms with Gasteiger partial charge >= 0.3 is 0 Å². The second-order valence-corrected chi connectivity index (χ2v) is 5.87. The number of carbonyl (C=O) groups excluding carboxylic acids is 1. The van der Waals surface area contributed by atoms with E-state index in [9.17, 15) is 4.79 Å². The largest absolute Gasteiger partial charge is 0.479 e. The van der Waals surface area contributed by atoms with Crippen molar-refractivity contribution < 1.29 is 18.5 Å². The first kappa shape index (κ1) is 17.5. The van der Waals surface area contributed by atoms with Crippen LogP contribution in [0.3, 0.4) is 0 Å². The van der Waals surface area contributed by atoms with Crippen LogP contribution in [0.25, 0.3) is 22.8 Å². The molecule has 8 nitrogen and oxygen atoms in total. The van der Waals surface area contributed by atoms with Gasteiger partial charge in [-0.2, -0.15) is 0 Å². The quantitative estimate of drug-likeness (QED) is 0.562. The van der Waals surface area contributed by atoms with Crippen molar-refractivity contribution in [2.45, 2.75) is 6.92 Å². The lowest BCUT2D eigenvalue weighted by Gasteiger charge is -2.10. The molecule has 0 saturated carbocycles. The number of nitrogens with one attached hydrogen (secondary N) is 1. The Morgan fingerprint density at radius 3 is 2.68 bits per heavy atom. The van der Waals surface area contributed by atoms with E-state index in [0.29, 0.717) is 34.3 Å². The first-order chi connectivity index (χ1) is 13.7. The minimum Gasteiger partial charge on any atom is -0.479 e. The first-order valence-corrected chi connectivity index (χ1v) is 8.45. The van der Waals surface area contributed by atoms with E-state index in [1.165, 1.54) is 19.6 Å². The number of hydrogen-bond donors (Lipinski definition) is 1. The van der Waals surface area contributed by atoms with Gasteiger partial charge in [0.2, 0.25) is 11.8 Å². The lowest BCUT2D eigenvalue weighted by molar-refractivity contribution is 0.102. The van der Waals surface area contributed by atoms with Gasteiger partial charge in [-0.3, -0.25) is 4.79 Å². The number of anilines is 1. The molecule has 0 spiro atoms. The van der Waals surface area contributed by atoms with Gasteiger partial charge in [0, 0.05) is 5.56 Å². The minimum atomic E-state index is -0.374. The second-order valence-electron chi connectivity index (χ2n) is 5.87. The molecule has 3 aromatic heterocycles. The number of pyridine rings is 1. The summed E-state index contributed by atoms with van der Waals surface area (Å²) in [4.78, 5) is 21.3. The molecule has 8 heteroatoms. The number of nitrogens with zero attached hydrogens (tertiary/aromatic N) is 3. The molecular weight excluding hydrogens is 360 g/mol. The Balaban J connectivity index is 1.65. The zero-order valence-corrected chi connectivity index (χ0v) is 15.2. The highest BCUT2D eigenvalue weighted by Crippen LogP contribution is 2.29. The zero-order chi connectivity index (χ0) is 19.5. The number of oxazole rings is 1. The number of ether oxygens (including phenoxy) is 1. The molecule has 0 fully saturated rings. The van der Waals surface area contributed by atoms with Crippen LogP contribution in [0.15, 0.2) is 63.9 Å². The summed E-state index contributed by atoms with van der Waals surface area (Å²) in [6.45, 7) is 1.69. The lowest BCUT2D eigenvalue weighted by atomic mass is 10.1. The Morgan fingerprint density at radius 1 is 1.14 bits per heavy atom. The van der Waals surface area contributed by atoms with Crippen LogP contribution >= 0.6 is 0 Å². The Kier molecular flexibility index (Phi) is 4.59. The molecule has 1 amide bonds. The summed E-state index contributed by atoms with van der Waals surface area (Å²) < 4.78 is 15.8. The number of benzene rings is 1. The van der Waals surface area contributed by atoms with Gasteiger partial charge in [0.1, 0.15) is 34.7 Å². The summed E-state index contributed by atoms with van der Waals surface area (Å²) in [6, 6.07) is 12.7. The highest BCUT2D eigenvalue weighted by atomic mass is 16.5. The summed E-state index contributed by atoms with van der Waals surface area (Å²) in [5.74, 6) is 0.637. The summed E-state index contributed by atoms with van der Waals surface area (Å²) in [5, 5.41) is 6.85. The third-order valence-corrected chi connectivity index (χ3v) is 4.09. The zero-order valence-electron chi connectivity index (χ0n) is 15.2. The molecule has 0 aliphatic heterocycles. The average molecular weight is 376 g/mol. The van der Waals surface area contributed by atoms with Gasteiger partial charge in [-0.1, -0.05) is 35.5 Å². The fourth-order valence-electron chi connectivity index (χ4n) is 2.78. The topological polar surface area (TPSA) is 103 Å². The van der Waals surface area contributed by atoms with Crippen LogP contribution in [0.4, 0.5) is 5.69 Å². The molecular formula is C20H16N4O4. The Bertz CT molecular complexity index is 1100. The van der Waals surface area contributed by atoms with Gasteiger partial charge < -0.3 is 19.0 Å². The van der Waals surface area contributed by atoms with E-state index in [4.69, 9.17) is 13.7 Å². The summed E-state index contributed by atoms with van der Waals surface area (Å²) in [5.41, 5.74) is 2.51. The van der Waals surface area contributed by atoms with Crippen molar-refractivity contribution in [1.82, 2.24) is 15.1 Å². The molecule has 1 N–H and O–H groups in total. The van der Waals surface area contributed by atoms with Gasteiger partial charge in [-0.25, -0.2) is 9.97 Å². The molecule has 4 rings (SSSR count). The van der Waals surface area contributed by atoms with Gasteiger partial charge in [-0.15, -0.1) is 0 Å². The summed E-state index contributed by atoms with van der Waals surface area (Å²) >= 11 is 0. The van der Waals surface area contributed by atoms with E-state index < -0.39 is 0 Å². The maximum absolute atomic E-state index is 12.9. The van der Waals surface area contributed by atoms with Gasteiger partial charge in [0.05, 0.1) is 13.3 Å². The van der Waals surface area contributed by atoms with Crippen molar-refractivity contribution in [2.24, 2.45) is 0 Å². The summed E-state index contributed by atoms with van der Waals surface area (Å²) in [6.07, 6.45) is 2.98. The van der Waals surface area contributed by atoms with Crippen LogP contribution in [0.2, 0.25) is 0 Å². The van der Waals surface area contributed by atoms with Crippen LogP contribution in [0.5, 0.6) is 5.88 Å². The molecule has 1 aromatic carbocycles. The van der Waals surface area contributed by atoms with Crippen LogP contribution in [0, 0.1) is 6.92 Å².